The largest absolute Gasteiger partial charge is 0.238 e. The molecule has 0 bridgehead atoms. The maximum absolute atomic E-state index is 7.81. The highest BCUT2D eigenvalue weighted by molar-refractivity contribution is 5.91. The van der Waals surface area contributed by atoms with E-state index in [0.717, 1.165) is 101 Å². The summed E-state index contributed by atoms with van der Waals surface area (Å²) in [5, 5.41) is 0. The summed E-state index contributed by atoms with van der Waals surface area (Å²) in [5.41, 5.74) is 22.0. The summed E-state index contributed by atoms with van der Waals surface area (Å²) < 4.78 is 0. The first kappa shape index (κ1) is 30.3. The minimum atomic E-state index is 0.741. The van der Waals surface area contributed by atoms with E-state index in [9.17, 15) is 0 Å². The van der Waals surface area contributed by atoms with Crippen molar-refractivity contribution in [3.63, 3.8) is 0 Å². The molecule has 4 aromatic carbocycles. The van der Waals surface area contributed by atoms with Gasteiger partial charge in [0, 0.05) is 0 Å². The normalized spacial score (nSPS) is 10.8. The molecular formula is C39H39N3. The van der Waals surface area contributed by atoms with Gasteiger partial charge in [0.25, 0.3) is 0 Å². The zero-order valence-corrected chi connectivity index (χ0v) is 27.1. The van der Waals surface area contributed by atoms with E-state index in [1.165, 1.54) is 16.7 Å². The van der Waals surface area contributed by atoms with E-state index in [-0.39, 0.29) is 0 Å². The summed E-state index contributed by atoms with van der Waals surface area (Å²) in [7, 11) is 0. The predicted molar refractivity (Wildman–Crippen MR) is 178 cm³/mol. The van der Waals surface area contributed by atoms with E-state index >= 15 is 0 Å². The van der Waals surface area contributed by atoms with Gasteiger partial charge in [0.15, 0.2) is 17.1 Å². The Morgan fingerprint density at radius 2 is 0.476 bits per heavy atom. The van der Waals surface area contributed by atoms with Crippen LogP contribution >= 0.6 is 0 Å². The molecular weight excluding hydrogens is 510 g/mol. The minimum Gasteiger partial charge on any atom is -0.238 e. The molecule has 0 aliphatic carbocycles. The highest BCUT2D eigenvalue weighted by Crippen LogP contribution is 2.46. The monoisotopic (exact) mass is 549 g/mol. The van der Waals surface area contributed by atoms with Gasteiger partial charge < -0.3 is 0 Å². The molecule has 0 fully saturated rings. The lowest BCUT2D eigenvalue weighted by molar-refractivity contribution is 1.24. The van der Waals surface area contributed by atoms with Gasteiger partial charge in [-0.2, -0.15) is 0 Å². The van der Waals surface area contributed by atoms with Crippen LogP contribution in [0.1, 0.15) is 66.8 Å². The molecule has 0 amide bonds. The van der Waals surface area contributed by atoms with Crippen molar-refractivity contribution in [2.75, 3.05) is 0 Å². The molecule has 0 spiro atoms. The third-order valence-electron chi connectivity index (χ3n) is 9.89. The van der Waals surface area contributed by atoms with Crippen molar-refractivity contribution < 1.29 is 0 Å². The molecule has 4 aromatic rings. The first-order valence-electron chi connectivity index (χ1n) is 14.3. The summed E-state index contributed by atoms with van der Waals surface area (Å²) in [5.74, 6) is 0. The van der Waals surface area contributed by atoms with Crippen molar-refractivity contribution >= 4 is 17.1 Å². The molecule has 0 atom stereocenters. The average Bonchev–Trinajstić information content (AvgIpc) is 2.95. The summed E-state index contributed by atoms with van der Waals surface area (Å²) >= 11 is 0. The molecule has 0 radical (unpaired) electrons. The zero-order valence-electron chi connectivity index (χ0n) is 27.1. The topological polar surface area (TPSA) is 13.1 Å². The highest BCUT2D eigenvalue weighted by atomic mass is 14.7. The fraction of sp³-hybridized carbons (Fsp3) is 0.308. The van der Waals surface area contributed by atoms with Crippen LogP contribution in [-0.2, 0) is 0 Å². The molecule has 0 unspecified atom stereocenters. The lowest BCUT2D eigenvalue weighted by Crippen LogP contribution is -2.01. The van der Waals surface area contributed by atoms with E-state index < -0.39 is 0 Å². The van der Waals surface area contributed by atoms with E-state index in [4.69, 9.17) is 19.7 Å². The van der Waals surface area contributed by atoms with Crippen molar-refractivity contribution in [2.45, 2.75) is 83.1 Å². The van der Waals surface area contributed by atoms with Gasteiger partial charge in [-0.15, -0.1) is 0 Å². The number of nitrogens with zero attached hydrogens (tertiary/aromatic N) is 3. The van der Waals surface area contributed by atoms with Gasteiger partial charge in [0.2, 0.25) is 0 Å². The second kappa shape index (κ2) is 11.0. The zero-order chi connectivity index (χ0) is 31.4. The van der Waals surface area contributed by atoms with Crippen LogP contribution in [0.15, 0.2) is 18.2 Å². The van der Waals surface area contributed by atoms with Crippen molar-refractivity contribution in [1.29, 1.82) is 0 Å². The Morgan fingerprint density at radius 3 is 0.619 bits per heavy atom. The minimum absolute atomic E-state index is 0.741. The van der Waals surface area contributed by atoms with Gasteiger partial charge >= 0.3 is 0 Å². The lowest BCUT2D eigenvalue weighted by Gasteiger charge is -2.24. The second-order valence-electron chi connectivity index (χ2n) is 11.8. The number of benzene rings is 4. The molecule has 0 heterocycles. The predicted octanol–water partition coefficient (Wildman–Crippen LogP) is 12.0. The average molecular weight is 550 g/mol. The van der Waals surface area contributed by atoms with Crippen LogP contribution in [0.4, 0.5) is 17.1 Å². The molecule has 3 nitrogen and oxygen atoms in total. The smallest absolute Gasteiger partial charge is 0.193 e. The van der Waals surface area contributed by atoms with E-state index in [0.29, 0.717) is 0 Å². The standard InChI is InChI=1S/C39H39N3/c1-19-25(7)37(40-13)26(8)20(2)34(19)31-16-32(35-21(3)27(9)38(41-14)28(10)22(35)4)18-33(17-31)36-23(5)29(11)39(42-15)30(12)24(36)6/h16-18H,1-12H3. The van der Waals surface area contributed by atoms with E-state index in [2.05, 4.69) is 116 Å². The van der Waals surface area contributed by atoms with Gasteiger partial charge in [0.05, 0.1) is 19.7 Å². The van der Waals surface area contributed by atoms with E-state index in [1.54, 1.807) is 0 Å². The van der Waals surface area contributed by atoms with Crippen molar-refractivity contribution in [2.24, 2.45) is 0 Å². The SMILES string of the molecule is [C-]#[N+]c1c(C)c(C)c(-c2cc(-c3c(C)c(C)c([N+]#[C-])c(C)c3C)cc(-c3c(C)c(C)c([N+]#[C-])c(C)c3C)c2)c(C)c1C. The highest BCUT2D eigenvalue weighted by Gasteiger charge is 2.22. The molecule has 0 aromatic heterocycles. The maximum atomic E-state index is 7.81. The summed E-state index contributed by atoms with van der Waals surface area (Å²) in [6.07, 6.45) is 0. The summed E-state index contributed by atoms with van der Waals surface area (Å²) in [4.78, 5) is 11.6. The van der Waals surface area contributed by atoms with Crippen LogP contribution in [0.2, 0.25) is 0 Å². The lowest BCUT2D eigenvalue weighted by atomic mass is 9.81. The van der Waals surface area contributed by atoms with Crippen LogP contribution in [0.25, 0.3) is 47.9 Å². The number of hydrogen-bond acceptors (Lipinski definition) is 0. The van der Waals surface area contributed by atoms with Crippen molar-refractivity contribution in [3.05, 3.63) is 119 Å². The molecule has 42 heavy (non-hydrogen) atoms. The Hall–Kier alpha value is -4.65. The summed E-state index contributed by atoms with van der Waals surface area (Å²) in [6.45, 7) is 48.5. The Kier molecular flexibility index (Phi) is 7.92. The maximum Gasteiger partial charge on any atom is 0.193 e. The van der Waals surface area contributed by atoms with Crippen molar-refractivity contribution in [1.82, 2.24) is 0 Å². The molecule has 0 aliphatic rings. The van der Waals surface area contributed by atoms with Gasteiger partial charge in [-0.05, 0) is 168 Å². The molecule has 210 valence electrons. The Morgan fingerprint density at radius 1 is 0.310 bits per heavy atom. The number of rotatable bonds is 3. The van der Waals surface area contributed by atoms with Gasteiger partial charge in [-0.25, -0.2) is 14.5 Å². The molecule has 4 rings (SSSR count). The van der Waals surface area contributed by atoms with Crippen molar-refractivity contribution in [3.8, 4) is 33.4 Å². The fourth-order valence-corrected chi connectivity index (χ4v) is 6.74. The molecule has 0 aliphatic heterocycles. The van der Waals surface area contributed by atoms with Crippen LogP contribution < -0.4 is 0 Å². The Labute approximate surface area is 252 Å². The molecule has 0 saturated heterocycles. The van der Waals surface area contributed by atoms with Crippen LogP contribution in [0.3, 0.4) is 0 Å². The first-order valence-corrected chi connectivity index (χ1v) is 14.3. The van der Waals surface area contributed by atoms with Crippen LogP contribution in [-0.4, -0.2) is 0 Å². The Bertz CT molecular complexity index is 1640. The van der Waals surface area contributed by atoms with Gasteiger partial charge in [0.1, 0.15) is 0 Å². The third-order valence-corrected chi connectivity index (χ3v) is 9.89. The third kappa shape index (κ3) is 4.40. The van der Waals surface area contributed by atoms with Gasteiger partial charge in [-0.1, -0.05) is 33.4 Å². The molecule has 0 N–H and O–H groups in total. The van der Waals surface area contributed by atoms with Crippen LogP contribution in [0.5, 0.6) is 0 Å². The second-order valence-corrected chi connectivity index (χ2v) is 11.8. The quantitative estimate of drug-likeness (QED) is 0.226. The van der Waals surface area contributed by atoms with E-state index in [1.807, 2.05) is 0 Å². The molecule has 0 saturated carbocycles. The first-order chi connectivity index (χ1) is 19.7. The number of hydrogen-bond donors (Lipinski definition) is 0. The summed E-state index contributed by atoms with van der Waals surface area (Å²) in [6, 6.07) is 6.87. The van der Waals surface area contributed by atoms with Crippen LogP contribution in [0, 0.1) is 103 Å². The molecule has 3 heteroatoms. The Balaban J connectivity index is 2.25. The fourth-order valence-electron chi connectivity index (χ4n) is 6.74. The van der Waals surface area contributed by atoms with Gasteiger partial charge in [-0.3, -0.25) is 0 Å².